The van der Waals surface area contributed by atoms with E-state index in [-0.39, 0.29) is 37.8 Å². The monoisotopic (exact) mass is 1610 g/mol. The molecule has 5 aromatic heterocycles. The Balaban J connectivity index is 0.000000258. The Labute approximate surface area is 664 Å². The summed E-state index contributed by atoms with van der Waals surface area (Å²) in [7, 11) is 0. The first-order valence-electron chi connectivity index (χ1n) is 31.8. The molecule has 0 amide bonds. The zero-order valence-corrected chi connectivity index (χ0v) is 66.1. The van der Waals surface area contributed by atoms with Crippen molar-refractivity contribution in [2.75, 3.05) is 27.0 Å². The van der Waals surface area contributed by atoms with E-state index < -0.39 is 5.97 Å². The Morgan fingerprint density at radius 2 is 1.11 bits per heavy atom. The number of fused-ring (bicyclic) bond motifs is 1. The van der Waals surface area contributed by atoms with Crippen molar-refractivity contribution in [3.8, 4) is 23.0 Å². The fraction of sp³-hybridized carbons (Fsp3) is 0.149. The van der Waals surface area contributed by atoms with E-state index in [9.17, 15) is 24.9 Å². The van der Waals surface area contributed by atoms with Crippen LogP contribution in [0.3, 0.4) is 0 Å². The smallest absolute Gasteiger partial charge is 0.338 e. The molecule has 0 atom stereocenters. The van der Waals surface area contributed by atoms with Gasteiger partial charge in [0, 0.05) is 64.1 Å². The molecule has 20 nitrogen and oxygen atoms in total. The van der Waals surface area contributed by atoms with Gasteiger partial charge in [-0.25, -0.2) is 4.79 Å². The summed E-state index contributed by atoms with van der Waals surface area (Å²) in [6.45, 7) is 7.80. The SMILES string of the molecule is CC(=S)Nc1ccccc1.CCCCc1cc(C(=S)Nc2ccccc2)cc(CCCC)c1O.Cc1n[nH]c(=S)[nH]c1=O.O=C(O)c1ccc[nH]c1=S.Oc1ccc(C(=S)Nc2ccccc2)c(O)c1.Oc1ccc[nH]c1=S.On1ccccc1=S.S=C1CSc2ccccc2N1.S=c1cc[nH]c(=S)[nH]1. The summed E-state index contributed by atoms with van der Waals surface area (Å²) in [5, 5.41) is 74.0. The maximum atomic E-state index is 10.6. The normalized spacial score (nSPS) is 10.2. The first kappa shape index (κ1) is 87.8. The van der Waals surface area contributed by atoms with Crippen LogP contribution in [0.4, 0.5) is 22.7 Å². The van der Waals surface area contributed by atoms with Gasteiger partial charge >= 0.3 is 5.97 Å². The number of carboxylic acid groups (broad SMARTS) is 1. The second-order valence-corrected chi connectivity index (χ2v) is 26.9. The molecule has 16 N–H and O–H groups in total. The van der Waals surface area contributed by atoms with Gasteiger partial charge in [-0.2, -0.15) is 9.83 Å². The van der Waals surface area contributed by atoms with E-state index in [1.807, 2.05) is 128 Å². The van der Waals surface area contributed by atoms with Crippen LogP contribution in [0.2, 0.25) is 0 Å². The second-order valence-electron chi connectivity index (χ2n) is 21.4. The average Bonchev–Trinajstić information content (AvgIpc) is 0.832. The number of anilines is 4. The lowest BCUT2D eigenvalue weighted by Gasteiger charge is -2.17. The maximum absolute atomic E-state index is 10.6. The highest BCUT2D eigenvalue weighted by Gasteiger charge is 2.14. The van der Waals surface area contributed by atoms with Gasteiger partial charge in [0.15, 0.2) is 9.54 Å². The van der Waals surface area contributed by atoms with Crippen LogP contribution < -0.4 is 26.8 Å². The Bertz CT molecular complexity index is 4910. The average molecular weight is 1620 g/mol. The number of aromatic nitrogens is 8. The lowest BCUT2D eigenvalue weighted by molar-refractivity contribution is 0.0695. The summed E-state index contributed by atoms with van der Waals surface area (Å²) in [5.41, 5.74) is 7.83. The van der Waals surface area contributed by atoms with E-state index in [2.05, 4.69) is 113 Å². The van der Waals surface area contributed by atoms with Crippen molar-refractivity contribution in [2.45, 2.75) is 71.1 Å². The number of nitrogens with zero attached hydrogens (tertiary/aromatic N) is 2. The number of benzene rings is 6. The molecule has 1 aliphatic rings. The van der Waals surface area contributed by atoms with Crippen LogP contribution in [-0.2, 0) is 12.8 Å². The third-order valence-electron chi connectivity index (χ3n) is 13.2. The van der Waals surface area contributed by atoms with E-state index >= 15 is 0 Å². The summed E-state index contributed by atoms with van der Waals surface area (Å²) in [6.07, 6.45) is 12.6. The Kier molecular flexibility index (Phi) is 41.1. The highest BCUT2D eigenvalue weighted by Crippen LogP contribution is 2.32. The molecular formula is C74H78N12O8S11. The van der Waals surface area contributed by atoms with Crippen LogP contribution in [0.1, 0.15) is 84.8 Å². The lowest BCUT2D eigenvalue weighted by Crippen LogP contribution is -2.16. The largest absolute Gasteiger partial charge is 0.508 e. The zero-order valence-electron chi connectivity index (χ0n) is 57.1. The minimum Gasteiger partial charge on any atom is -0.508 e. The summed E-state index contributed by atoms with van der Waals surface area (Å²) < 4.78 is 3.45. The molecule has 0 radical (unpaired) electrons. The number of H-pyrrole nitrogens is 6. The molecule has 1 aliphatic heterocycles. The van der Waals surface area contributed by atoms with Gasteiger partial charge in [0.25, 0.3) is 5.56 Å². The molecular weight excluding hydrogens is 1540 g/mol. The van der Waals surface area contributed by atoms with Gasteiger partial charge < -0.3 is 71.9 Å². The van der Waals surface area contributed by atoms with Gasteiger partial charge in [-0.05, 0) is 190 Å². The number of para-hydroxylation sites is 4. The molecule has 105 heavy (non-hydrogen) atoms. The number of aryl methyl sites for hydroxylation is 3. The Morgan fingerprint density at radius 1 is 0.571 bits per heavy atom. The number of rotatable bonds is 12. The zero-order chi connectivity index (χ0) is 77.1. The van der Waals surface area contributed by atoms with Crippen LogP contribution in [0.15, 0.2) is 229 Å². The number of aromatic carboxylic acids is 1. The number of phenols is 3. The topological polar surface area (TPSA) is 316 Å². The molecule has 0 saturated heterocycles. The third-order valence-corrected chi connectivity index (χ3v) is 17.2. The van der Waals surface area contributed by atoms with Gasteiger partial charge in [0.2, 0.25) is 0 Å². The fourth-order valence-electron chi connectivity index (χ4n) is 8.12. The number of thiocarbonyl (C=S) groups is 4. The number of phenolic OH excluding ortho intramolecular Hbond substituents is 3. The van der Waals surface area contributed by atoms with E-state index in [0.29, 0.717) is 45.7 Å². The standard InChI is InChI=1S/C21H27NOS.C13H11NO2S.C8H7NS2.C8H9NS.C6H5NO2S.2C5H5NOS.C4H5N3OS.C4H4N2S2/c1-3-5-10-16-14-18(15-17(20(16)23)11-6-4-2)21(24)22-19-12-8-7-9-13-19;15-10-6-7-11(12(16)8-10)13(17)14-9-4-2-1-3-5-9;10-8-5-11-7-4-2-1-3-6(7)9-8;1-7(10)9-8-5-3-2-4-6-8;8-6(9)4-2-1-3-7-5(4)10;7-4-2-1-3-6-5(4)8;7-6-4-2-1-3-5(6)8;1-2-3(8)5-4(9)7-6-2;7-3-1-2-5-4(8)6-3/h7-9,12-15,23H,3-6,10-11H2,1-2H3,(H,22,24);1-8,15-16H,(H,14,17);1-4H,5H2,(H,9,10);2-6H,1H3,(H,9,10);1-3H,(H,7,10)(H,8,9);1-3,7H,(H,6,8);1-4,7H;1H3,(H2,5,7,8,9);1-2H,(H2,5,6,7,8). The Hall–Kier alpha value is -9.64. The van der Waals surface area contributed by atoms with Gasteiger partial charge in [-0.3, -0.25) is 14.9 Å². The summed E-state index contributed by atoms with van der Waals surface area (Å²) in [6, 6.07) is 59.1. The molecule has 0 aliphatic carbocycles. The second kappa shape index (κ2) is 49.1. The van der Waals surface area contributed by atoms with Gasteiger partial charge in [0.05, 0.1) is 26.8 Å². The number of carboxylic acids is 1. The van der Waals surface area contributed by atoms with E-state index in [1.54, 1.807) is 85.8 Å². The van der Waals surface area contributed by atoms with Crippen LogP contribution in [0, 0.1) is 35.0 Å². The predicted molar refractivity (Wildman–Crippen MR) is 456 cm³/mol. The number of hydrogen-bond acceptors (Lipinski definition) is 19. The van der Waals surface area contributed by atoms with Crippen molar-refractivity contribution < 1.29 is 35.5 Å². The van der Waals surface area contributed by atoms with Crippen LogP contribution >= 0.6 is 134 Å². The molecule has 6 heterocycles. The fourth-order valence-corrected chi connectivity index (χ4v) is 10.9. The lowest BCUT2D eigenvalue weighted by atomic mass is 9.97. The van der Waals surface area contributed by atoms with Crippen molar-refractivity contribution in [1.29, 1.82) is 0 Å². The number of thioether (sulfide) groups is 1. The molecule has 31 heteroatoms. The number of carbonyl (C=O) groups is 1. The molecule has 0 bridgehead atoms. The van der Waals surface area contributed by atoms with Crippen molar-refractivity contribution >= 4 is 183 Å². The van der Waals surface area contributed by atoms with Crippen molar-refractivity contribution in [2.24, 2.45) is 0 Å². The minimum absolute atomic E-state index is 0.00811. The van der Waals surface area contributed by atoms with Gasteiger partial charge in [-0.15, -0.1) is 11.8 Å². The van der Waals surface area contributed by atoms with Crippen LogP contribution in [0.25, 0.3) is 0 Å². The van der Waals surface area contributed by atoms with Gasteiger partial charge in [0.1, 0.15) is 57.2 Å². The molecule has 0 unspecified atom stereocenters. The number of unbranched alkanes of at least 4 members (excludes halogenated alkanes) is 2. The predicted octanol–water partition coefficient (Wildman–Crippen LogP) is 20.0. The van der Waals surface area contributed by atoms with Crippen molar-refractivity contribution in [1.82, 2.24) is 39.8 Å². The first-order valence-corrected chi connectivity index (χ1v) is 36.9. The molecule has 0 fully saturated rings. The van der Waals surface area contributed by atoms with Gasteiger partial charge in [-0.1, -0.05) is 197 Å². The molecule has 6 aromatic carbocycles. The molecule has 12 rings (SSSR count). The molecule has 0 saturated carbocycles. The number of aromatic hydroxyl groups is 4. The minimum atomic E-state index is -0.998. The van der Waals surface area contributed by atoms with E-state index in [0.717, 1.165) is 98.4 Å². The number of hydrogen-bond donors (Lipinski definition) is 16. The molecule has 11 aromatic rings. The summed E-state index contributed by atoms with van der Waals surface area (Å²) >= 11 is 50.6. The van der Waals surface area contributed by atoms with E-state index in [1.165, 1.54) is 29.3 Å². The molecule has 548 valence electrons. The quantitative estimate of drug-likeness (QED) is 0.0399. The number of pyridine rings is 3. The van der Waals surface area contributed by atoms with Crippen molar-refractivity contribution in [3.05, 3.63) is 291 Å². The maximum Gasteiger partial charge on any atom is 0.338 e. The van der Waals surface area contributed by atoms with Crippen molar-refractivity contribution in [3.63, 3.8) is 0 Å². The summed E-state index contributed by atoms with van der Waals surface area (Å²) in [4.78, 5) is 38.3. The highest BCUT2D eigenvalue weighted by molar-refractivity contribution is 8.01. The summed E-state index contributed by atoms with van der Waals surface area (Å²) in [5.74, 6) is 0.464. The number of aromatic amines is 6. The Morgan fingerprint density at radius 3 is 1.56 bits per heavy atom. The van der Waals surface area contributed by atoms with E-state index in [4.69, 9.17) is 101 Å². The van der Waals surface area contributed by atoms with Crippen LogP contribution in [0.5, 0.6) is 23.0 Å². The third kappa shape index (κ3) is 35.1. The van der Waals surface area contributed by atoms with Crippen LogP contribution in [-0.4, -0.2) is 102 Å². The highest BCUT2D eigenvalue weighted by atomic mass is 32.2. The first-order chi connectivity index (χ1) is 50.3. The molecule has 0 spiro atoms. The number of nitrogens with one attached hydrogen (secondary N) is 10.